The molecule has 2 aromatic heterocycles. The molecule has 0 saturated heterocycles. The first-order valence-corrected chi connectivity index (χ1v) is 28.7. The van der Waals surface area contributed by atoms with Crippen LogP contribution in [0.1, 0.15) is 96.9 Å². The van der Waals surface area contributed by atoms with Crippen LogP contribution >= 0.6 is 0 Å². The summed E-state index contributed by atoms with van der Waals surface area (Å²) in [7, 11) is 0. The molecule has 0 bridgehead atoms. The van der Waals surface area contributed by atoms with Gasteiger partial charge in [-0.2, -0.15) is 0 Å². The number of pyridine rings is 2. The molecule has 2 unspecified atom stereocenters. The van der Waals surface area contributed by atoms with E-state index in [9.17, 15) is 48.3 Å². The molecule has 24 nitrogen and oxygen atoms in total. The number of aryl methyl sites for hydroxylation is 1. The van der Waals surface area contributed by atoms with Crippen LogP contribution in [-0.2, 0) is 88.8 Å². The molecular formula is C60H70FN9O15. The van der Waals surface area contributed by atoms with E-state index in [0.717, 1.165) is 31.2 Å². The van der Waals surface area contributed by atoms with E-state index in [1.807, 2.05) is 0 Å². The van der Waals surface area contributed by atoms with Gasteiger partial charge in [0.15, 0.2) is 5.60 Å². The number of rotatable bonds is 27. The van der Waals surface area contributed by atoms with Crippen molar-refractivity contribution in [1.82, 2.24) is 46.8 Å². The summed E-state index contributed by atoms with van der Waals surface area (Å²) in [6.07, 6.45) is 4.14. The summed E-state index contributed by atoms with van der Waals surface area (Å²) in [5.41, 5.74) is 1.84. The maximum absolute atomic E-state index is 15.4. The summed E-state index contributed by atoms with van der Waals surface area (Å²) in [5, 5.41) is 30.1. The summed E-state index contributed by atoms with van der Waals surface area (Å²) in [6.45, 7) is 2.02. The molecule has 0 spiro atoms. The van der Waals surface area contributed by atoms with Gasteiger partial charge in [-0.15, -0.1) is 11.8 Å². The Kier molecular flexibility index (Phi) is 20.2. The molecule has 4 heterocycles. The second kappa shape index (κ2) is 28.1. The number of fused-ring (bicyclic) bond motifs is 6. The van der Waals surface area contributed by atoms with Crippen molar-refractivity contribution in [2.24, 2.45) is 17.8 Å². The van der Waals surface area contributed by atoms with Crippen molar-refractivity contribution >= 4 is 58.4 Å². The van der Waals surface area contributed by atoms with Crippen LogP contribution in [0.15, 0.2) is 47.3 Å². The number of carbonyl (C=O) groups is 8. The molecular weight excluding hydrogens is 1110 g/mol. The van der Waals surface area contributed by atoms with Gasteiger partial charge in [-0.1, -0.05) is 37.3 Å². The fourth-order valence-corrected chi connectivity index (χ4v) is 11.6. The van der Waals surface area contributed by atoms with E-state index >= 15 is 4.39 Å². The number of hydrogen-bond acceptors (Lipinski definition) is 16. The number of aliphatic hydroxyl groups is 1. The first-order valence-electron chi connectivity index (χ1n) is 28.7. The van der Waals surface area contributed by atoms with Gasteiger partial charge in [0.25, 0.3) is 5.56 Å². The van der Waals surface area contributed by atoms with Gasteiger partial charge in [0.05, 0.1) is 87.7 Å². The zero-order valence-corrected chi connectivity index (χ0v) is 47.4. The Hall–Kier alpha value is -8.31. The molecule has 452 valence electrons. The number of cyclic esters (lactones) is 1. The molecule has 7 amide bonds. The number of nitrogens with one attached hydrogen (secondary N) is 7. The van der Waals surface area contributed by atoms with Crippen LogP contribution in [0.25, 0.3) is 22.3 Å². The molecule has 0 radical (unpaired) electrons. The average molecular weight is 1180 g/mol. The second-order valence-corrected chi connectivity index (χ2v) is 21.6. The number of benzene rings is 2. The number of aromatic nitrogens is 2. The van der Waals surface area contributed by atoms with E-state index in [4.69, 9.17) is 28.7 Å². The third-order valence-electron chi connectivity index (χ3n) is 16.2. The molecule has 1 saturated carbocycles. The average Bonchev–Trinajstić information content (AvgIpc) is 1.71. The number of nitrogens with zero attached hydrogens (tertiary/aromatic N) is 2. The maximum atomic E-state index is 15.4. The standard InChI is InChI=1S/C60H70FN9O15/c1-3-60(80)42-24-47-55-39(29-70(47)57(77)41(42)31-84-58(60)78)54-44(16-15-36-34(2)43(61)25-45(69-55)53(36)54)67-52(75)32-83-33-66-50(73)27-65-56(76)46(23-35-11-7-6-8-12-35)68-51(74)28-64-49(72)26-63-48(71)17-19-81-21-22-82-20-18-62-59(79)85-30-40-37-13-9-4-5-10-14-38(37)40/h6-8,11-12,24-25,37-38,40,44,46,80H,3,9-10,13-23,26-33H2,1-2H3,(H,62,79)(H,63,71)(H,64,72)(H,65,76)(H,66,73)(H,67,75)(H,68,74)/t37?,38?,40?,44-,46-,60-/m0/s1. The van der Waals surface area contributed by atoms with Crippen molar-refractivity contribution in [2.45, 2.75) is 102 Å². The molecule has 9 rings (SSSR count). The monoisotopic (exact) mass is 1180 g/mol. The zero-order valence-electron chi connectivity index (χ0n) is 47.4. The highest BCUT2D eigenvalue weighted by atomic mass is 19.1. The molecule has 8 N–H and O–H groups in total. The van der Waals surface area contributed by atoms with Crippen molar-refractivity contribution in [1.29, 1.82) is 0 Å². The first kappa shape index (κ1) is 61.3. The minimum absolute atomic E-state index is 0.0351. The summed E-state index contributed by atoms with van der Waals surface area (Å²) >= 11 is 0. The highest BCUT2D eigenvalue weighted by Gasteiger charge is 2.49. The lowest BCUT2D eigenvalue weighted by Gasteiger charge is -2.31. The lowest BCUT2D eigenvalue weighted by atomic mass is 9.81. The van der Waals surface area contributed by atoms with E-state index in [0.29, 0.717) is 81.7 Å². The van der Waals surface area contributed by atoms with E-state index in [1.54, 1.807) is 50.2 Å². The Bertz CT molecular complexity index is 3350. The van der Waals surface area contributed by atoms with Crippen molar-refractivity contribution in [3.63, 3.8) is 0 Å². The van der Waals surface area contributed by atoms with Crippen molar-refractivity contribution < 1.29 is 71.5 Å². The van der Waals surface area contributed by atoms with Gasteiger partial charge in [-0.3, -0.25) is 33.6 Å². The summed E-state index contributed by atoms with van der Waals surface area (Å²) in [5.74, 6) is 2.82. The second-order valence-electron chi connectivity index (χ2n) is 21.6. The predicted molar refractivity (Wildman–Crippen MR) is 301 cm³/mol. The van der Waals surface area contributed by atoms with Crippen LogP contribution < -0.4 is 42.8 Å². The van der Waals surface area contributed by atoms with Crippen LogP contribution in [0.4, 0.5) is 9.18 Å². The molecule has 4 aromatic rings. The van der Waals surface area contributed by atoms with E-state index < -0.39 is 110 Å². The predicted octanol–water partition coefficient (Wildman–Crippen LogP) is 1.39. The van der Waals surface area contributed by atoms with Crippen molar-refractivity contribution in [3.05, 3.63) is 97.6 Å². The maximum Gasteiger partial charge on any atom is 0.407 e. The Balaban J connectivity index is 0.666. The summed E-state index contributed by atoms with van der Waals surface area (Å²) in [4.78, 5) is 121. The number of halogens is 1. The minimum atomic E-state index is -2.05. The third kappa shape index (κ3) is 14.8. The van der Waals surface area contributed by atoms with Gasteiger partial charge in [0, 0.05) is 54.8 Å². The zero-order chi connectivity index (χ0) is 60.2. The Morgan fingerprint density at radius 2 is 1.53 bits per heavy atom. The third-order valence-corrected chi connectivity index (χ3v) is 16.2. The smallest absolute Gasteiger partial charge is 0.407 e. The van der Waals surface area contributed by atoms with Gasteiger partial charge >= 0.3 is 12.1 Å². The summed E-state index contributed by atoms with van der Waals surface area (Å²) in [6, 6.07) is 9.85. The largest absolute Gasteiger partial charge is 0.458 e. The van der Waals surface area contributed by atoms with E-state index in [-0.39, 0.29) is 76.5 Å². The molecule has 2 aromatic carbocycles. The van der Waals surface area contributed by atoms with Crippen LogP contribution in [0.5, 0.6) is 0 Å². The molecule has 85 heavy (non-hydrogen) atoms. The van der Waals surface area contributed by atoms with Gasteiger partial charge in [-0.05, 0) is 85.1 Å². The first-order chi connectivity index (χ1) is 41.0. The number of esters is 1. The molecule has 5 aliphatic rings. The van der Waals surface area contributed by atoms with E-state index in [1.165, 1.54) is 10.6 Å². The Morgan fingerprint density at radius 1 is 0.824 bits per heavy atom. The molecule has 25 heteroatoms. The fraction of sp³-hybridized carbons (Fsp3) is 0.500. The highest BCUT2D eigenvalue weighted by molar-refractivity contribution is 5.95. The minimum Gasteiger partial charge on any atom is -0.458 e. The van der Waals surface area contributed by atoms with Gasteiger partial charge in [-0.25, -0.2) is 19.0 Å². The Morgan fingerprint density at radius 3 is 2.28 bits per heavy atom. The SMILES string of the molecule is CC[C@@]1(O)C(=O)OCc2c1cc1n(c2=O)Cc2c-1nc1cc(F)c(C)c3c1c2[C@@H](NC(=O)COCNC(=O)CNC(=O)[C@H](Cc1ccccc1)NC(=O)CNC(=O)CNC(=O)CCOCCOCCNC(=O)OCC1C2CCC#CCCC21)CC3. The molecule has 2 aliphatic heterocycles. The van der Waals surface area contributed by atoms with Crippen LogP contribution in [0.2, 0.25) is 0 Å². The lowest BCUT2D eigenvalue weighted by molar-refractivity contribution is -0.172. The van der Waals surface area contributed by atoms with Crippen LogP contribution in [0.3, 0.4) is 0 Å². The van der Waals surface area contributed by atoms with Gasteiger partial charge in [0.2, 0.25) is 35.4 Å². The van der Waals surface area contributed by atoms with Gasteiger partial charge < -0.3 is 70.6 Å². The van der Waals surface area contributed by atoms with Crippen LogP contribution in [-0.4, -0.2) is 141 Å². The fourth-order valence-electron chi connectivity index (χ4n) is 11.6. The number of amides is 7. The number of ether oxygens (including phenoxy) is 5. The number of alkyl carbamates (subject to hydrolysis) is 1. The molecule has 1 fully saturated rings. The van der Waals surface area contributed by atoms with Gasteiger partial charge in [0.1, 0.15) is 31.8 Å². The quantitative estimate of drug-likeness (QED) is 0.0159. The van der Waals surface area contributed by atoms with Crippen LogP contribution in [0, 0.1) is 42.3 Å². The van der Waals surface area contributed by atoms with Crippen molar-refractivity contribution in [2.75, 3.05) is 72.6 Å². The summed E-state index contributed by atoms with van der Waals surface area (Å²) < 4.78 is 43.9. The number of carbonyl (C=O) groups excluding carboxylic acids is 8. The number of hydrogen-bond donors (Lipinski definition) is 8. The highest BCUT2D eigenvalue weighted by Crippen LogP contribution is 2.52. The normalized spacial score (nSPS) is 19.7. The van der Waals surface area contributed by atoms with E-state index in [2.05, 4.69) is 49.1 Å². The Labute approximate surface area is 488 Å². The molecule has 3 aliphatic carbocycles. The molecule has 5 atom stereocenters. The lowest BCUT2D eigenvalue weighted by Crippen LogP contribution is -2.52. The van der Waals surface area contributed by atoms with Crippen molar-refractivity contribution in [3.8, 4) is 23.2 Å². The topological polar surface area (TPSA) is 322 Å².